The lowest BCUT2D eigenvalue weighted by Gasteiger charge is -2.27. The van der Waals surface area contributed by atoms with Crippen LogP contribution >= 0.6 is 0 Å². The number of methoxy groups -OCH3 is 1. The minimum Gasteiger partial charge on any atom is -0.493 e. The van der Waals surface area contributed by atoms with Crippen molar-refractivity contribution < 1.29 is 14.3 Å². The average Bonchev–Trinajstić information content (AvgIpc) is 2.23. The number of carbonyl (C=O) groups excluding carboxylic acids is 1. The fourth-order valence-electron chi connectivity index (χ4n) is 1.57. The van der Waals surface area contributed by atoms with Gasteiger partial charge in [0.15, 0.2) is 17.8 Å². The van der Waals surface area contributed by atoms with E-state index < -0.39 is 0 Å². The lowest BCUT2D eigenvalue weighted by molar-refractivity contribution is 0.106. The van der Waals surface area contributed by atoms with Gasteiger partial charge in [0.1, 0.15) is 0 Å². The van der Waals surface area contributed by atoms with E-state index in [9.17, 15) is 4.79 Å². The first-order valence-corrected chi connectivity index (χ1v) is 5.14. The highest BCUT2D eigenvalue weighted by atomic mass is 16.5. The second-order valence-corrected chi connectivity index (χ2v) is 3.67. The van der Waals surface area contributed by atoms with Gasteiger partial charge in [0.2, 0.25) is 0 Å². The third kappa shape index (κ3) is 1.96. The molecule has 15 heavy (non-hydrogen) atoms. The third-order valence-electron chi connectivity index (χ3n) is 2.69. The molecule has 3 heteroatoms. The first kappa shape index (κ1) is 10.0. The summed E-state index contributed by atoms with van der Waals surface area (Å²) in [6.45, 7) is 0. The molecule has 0 unspecified atom stereocenters. The Morgan fingerprint density at radius 2 is 2.20 bits per heavy atom. The van der Waals surface area contributed by atoms with Crippen molar-refractivity contribution in [2.45, 2.75) is 25.4 Å². The molecule has 1 aromatic rings. The molecule has 1 fully saturated rings. The number of benzene rings is 1. The van der Waals surface area contributed by atoms with Crippen molar-refractivity contribution in [3.8, 4) is 11.5 Å². The maximum Gasteiger partial charge on any atom is 0.172 e. The zero-order valence-electron chi connectivity index (χ0n) is 8.73. The van der Waals surface area contributed by atoms with Crippen LogP contribution in [0.3, 0.4) is 0 Å². The van der Waals surface area contributed by atoms with Gasteiger partial charge in [0.05, 0.1) is 18.8 Å². The number of rotatable bonds is 4. The molecule has 0 aliphatic heterocycles. The van der Waals surface area contributed by atoms with Crippen LogP contribution < -0.4 is 9.47 Å². The van der Waals surface area contributed by atoms with Gasteiger partial charge in [-0.05, 0) is 31.4 Å². The number of hydrogen-bond acceptors (Lipinski definition) is 3. The summed E-state index contributed by atoms with van der Waals surface area (Å²) >= 11 is 0. The van der Waals surface area contributed by atoms with Crippen LogP contribution in [0.15, 0.2) is 18.2 Å². The Hall–Kier alpha value is -1.51. The first-order chi connectivity index (χ1) is 7.35. The van der Waals surface area contributed by atoms with Gasteiger partial charge in [-0.25, -0.2) is 0 Å². The molecule has 1 aliphatic carbocycles. The molecule has 0 aromatic heterocycles. The first-order valence-electron chi connectivity index (χ1n) is 5.14. The molecule has 0 radical (unpaired) electrons. The summed E-state index contributed by atoms with van der Waals surface area (Å²) in [5.41, 5.74) is 0.557. The predicted octanol–water partition coefficient (Wildman–Crippen LogP) is 2.44. The van der Waals surface area contributed by atoms with Crippen LogP contribution in [-0.4, -0.2) is 19.5 Å². The third-order valence-corrected chi connectivity index (χ3v) is 2.69. The summed E-state index contributed by atoms with van der Waals surface area (Å²) in [6.07, 6.45) is 4.39. The summed E-state index contributed by atoms with van der Waals surface area (Å²) in [5, 5.41) is 0. The lowest BCUT2D eigenvalue weighted by Crippen LogP contribution is -2.25. The molecule has 1 aromatic carbocycles. The van der Waals surface area contributed by atoms with Crippen LogP contribution in [0.2, 0.25) is 0 Å². The van der Waals surface area contributed by atoms with Gasteiger partial charge in [0.25, 0.3) is 0 Å². The van der Waals surface area contributed by atoms with Gasteiger partial charge in [-0.2, -0.15) is 0 Å². The summed E-state index contributed by atoms with van der Waals surface area (Å²) in [6, 6.07) is 5.33. The molecule has 2 rings (SSSR count). The molecule has 1 saturated carbocycles. The van der Waals surface area contributed by atoms with E-state index in [1.165, 1.54) is 6.42 Å². The van der Waals surface area contributed by atoms with Crippen molar-refractivity contribution in [2.24, 2.45) is 0 Å². The van der Waals surface area contributed by atoms with Crippen LogP contribution in [0.5, 0.6) is 11.5 Å². The van der Waals surface area contributed by atoms with Crippen molar-refractivity contribution in [2.75, 3.05) is 7.11 Å². The van der Waals surface area contributed by atoms with Crippen LogP contribution in [0, 0.1) is 0 Å². The fraction of sp³-hybridized carbons (Fsp3) is 0.417. The summed E-state index contributed by atoms with van der Waals surface area (Å²) in [7, 11) is 1.58. The minimum absolute atomic E-state index is 0.250. The van der Waals surface area contributed by atoms with Crippen molar-refractivity contribution >= 4 is 6.29 Å². The van der Waals surface area contributed by atoms with Gasteiger partial charge >= 0.3 is 0 Å². The van der Waals surface area contributed by atoms with E-state index in [-0.39, 0.29) is 6.10 Å². The predicted molar refractivity (Wildman–Crippen MR) is 56.6 cm³/mol. The quantitative estimate of drug-likeness (QED) is 0.710. The Labute approximate surface area is 89.0 Å². The smallest absolute Gasteiger partial charge is 0.172 e. The Bertz CT molecular complexity index is 356. The van der Waals surface area contributed by atoms with E-state index in [2.05, 4.69) is 0 Å². The molecule has 0 spiro atoms. The Morgan fingerprint density at radius 1 is 1.40 bits per heavy atom. The molecule has 3 nitrogen and oxygen atoms in total. The van der Waals surface area contributed by atoms with Crippen molar-refractivity contribution in [3.05, 3.63) is 23.8 Å². The van der Waals surface area contributed by atoms with Crippen molar-refractivity contribution in [1.82, 2.24) is 0 Å². The van der Waals surface area contributed by atoms with Crippen molar-refractivity contribution in [3.63, 3.8) is 0 Å². The molecular formula is C12H14O3. The fourth-order valence-corrected chi connectivity index (χ4v) is 1.57. The topological polar surface area (TPSA) is 35.5 Å². The van der Waals surface area contributed by atoms with E-state index in [0.29, 0.717) is 17.1 Å². The summed E-state index contributed by atoms with van der Waals surface area (Å²) < 4.78 is 10.9. The second kappa shape index (κ2) is 4.34. The van der Waals surface area contributed by atoms with Gasteiger partial charge in [-0.15, -0.1) is 0 Å². The van der Waals surface area contributed by atoms with Gasteiger partial charge in [-0.3, -0.25) is 4.79 Å². The van der Waals surface area contributed by atoms with Gasteiger partial charge < -0.3 is 9.47 Å². The molecule has 0 atom stereocenters. The zero-order valence-corrected chi connectivity index (χ0v) is 8.73. The number of ether oxygens (including phenoxy) is 2. The Balaban J connectivity index is 2.27. The normalized spacial score (nSPS) is 15.5. The monoisotopic (exact) mass is 206 g/mol. The summed E-state index contributed by atoms with van der Waals surface area (Å²) in [5.74, 6) is 1.21. The van der Waals surface area contributed by atoms with E-state index in [1.54, 1.807) is 25.3 Å². The number of para-hydroxylation sites is 1. The minimum atomic E-state index is 0.250. The highest BCUT2D eigenvalue weighted by Crippen LogP contribution is 2.34. The molecule has 0 heterocycles. The number of hydrogen-bond donors (Lipinski definition) is 0. The van der Waals surface area contributed by atoms with Crippen LogP contribution in [0.1, 0.15) is 29.6 Å². The Kier molecular flexibility index (Phi) is 2.90. The average molecular weight is 206 g/mol. The maximum absolute atomic E-state index is 10.8. The number of aldehydes is 1. The molecule has 1 aliphatic rings. The maximum atomic E-state index is 10.8. The van der Waals surface area contributed by atoms with E-state index >= 15 is 0 Å². The molecule has 0 saturated heterocycles. The van der Waals surface area contributed by atoms with E-state index in [1.807, 2.05) is 0 Å². The van der Waals surface area contributed by atoms with Crippen LogP contribution in [0.4, 0.5) is 0 Å². The second-order valence-electron chi connectivity index (χ2n) is 3.67. The largest absolute Gasteiger partial charge is 0.493 e. The Morgan fingerprint density at radius 3 is 2.73 bits per heavy atom. The van der Waals surface area contributed by atoms with Crippen LogP contribution in [-0.2, 0) is 0 Å². The lowest BCUT2D eigenvalue weighted by atomic mass is 9.96. The van der Waals surface area contributed by atoms with E-state index in [0.717, 1.165) is 19.1 Å². The molecule has 0 amide bonds. The molecule has 80 valence electrons. The molecule has 0 bridgehead atoms. The number of carbonyl (C=O) groups is 1. The van der Waals surface area contributed by atoms with Crippen LogP contribution in [0.25, 0.3) is 0 Å². The summed E-state index contributed by atoms with van der Waals surface area (Å²) in [4.78, 5) is 10.8. The zero-order chi connectivity index (χ0) is 10.7. The van der Waals surface area contributed by atoms with E-state index in [4.69, 9.17) is 9.47 Å². The highest BCUT2D eigenvalue weighted by Gasteiger charge is 2.22. The van der Waals surface area contributed by atoms with Gasteiger partial charge in [-0.1, -0.05) is 6.07 Å². The molecule has 0 N–H and O–H groups in total. The highest BCUT2D eigenvalue weighted by molar-refractivity contribution is 5.81. The molecular weight excluding hydrogens is 192 g/mol. The standard InChI is InChI=1S/C12H14O3/c1-14-11-7-2-4-9(8-13)12(11)15-10-5-3-6-10/h2,4,7-8,10H,3,5-6H2,1H3. The van der Waals surface area contributed by atoms with Gasteiger partial charge in [0, 0.05) is 0 Å². The SMILES string of the molecule is COc1cccc(C=O)c1OC1CCC1. The van der Waals surface area contributed by atoms with Crippen molar-refractivity contribution in [1.29, 1.82) is 0 Å².